The van der Waals surface area contributed by atoms with Crippen molar-refractivity contribution in [2.24, 2.45) is 0 Å². The maximum absolute atomic E-state index is 13.7. The second kappa shape index (κ2) is 6.48. The average Bonchev–Trinajstić information content (AvgIpc) is 2.59. The fraction of sp³-hybridized carbons (Fsp3) is 0.0588. The number of para-hydroxylation sites is 1. The van der Waals surface area contributed by atoms with E-state index in [1.165, 1.54) is 12.1 Å². The van der Waals surface area contributed by atoms with Crippen molar-refractivity contribution >= 4 is 10.0 Å². The van der Waals surface area contributed by atoms with E-state index in [-0.39, 0.29) is 14.6 Å². The number of rotatable bonds is 4. The molecule has 1 heterocycles. The Labute approximate surface area is 143 Å². The lowest BCUT2D eigenvalue weighted by Gasteiger charge is -2.13. The third-order valence-corrected chi connectivity index (χ3v) is 5.03. The van der Waals surface area contributed by atoms with Gasteiger partial charge in [0.1, 0.15) is 5.75 Å². The highest BCUT2D eigenvalue weighted by Gasteiger charge is 2.26. The number of nitrogens with zero attached hydrogens (tertiary/aromatic N) is 2. The van der Waals surface area contributed by atoms with E-state index in [1.54, 1.807) is 49.4 Å². The fourth-order valence-electron chi connectivity index (χ4n) is 2.09. The number of hydrogen-bond acceptors (Lipinski definition) is 5. The second-order valence-electron chi connectivity index (χ2n) is 5.19. The van der Waals surface area contributed by atoms with Crippen LogP contribution in [0.5, 0.6) is 11.8 Å². The molecule has 2 aromatic carbocycles. The topological polar surface area (TPSA) is 78.3 Å². The predicted molar refractivity (Wildman–Crippen MR) is 88.7 cm³/mol. The van der Waals surface area contributed by atoms with Crippen LogP contribution in [0.25, 0.3) is 0 Å². The van der Waals surface area contributed by atoms with Crippen molar-refractivity contribution in [1.82, 2.24) is 8.96 Å². The molecule has 8 heteroatoms. The molecule has 0 saturated heterocycles. The Morgan fingerprint density at radius 3 is 2.32 bits per heavy atom. The average molecular weight is 360 g/mol. The highest BCUT2D eigenvalue weighted by molar-refractivity contribution is 7.90. The third-order valence-electron chi connectivity index (χ3n) is 3.36. The van der Waals surface area contributed by atoms with Crippen LogP contribution in [0.2, 0.25) is 0 Å². The first-order valence-corrected chi connectivity index (χ1v) is 8.66. The standard InChI is InChI=1S/C17H13FN2O4S/c1-12-7-9-14(10-8-12)25(22,23)20-16(21)15(18)11-19-17(20)24-13-5-3-2-4-6-13/h2-11H,1H3. The van der Waals surface area contributed by atoms with Crippen LogP contribution in [0.3, 0.4) is 0 Å². The summed E-state index contributed by atoms with van der Waals surface area (Å²) in [6.07, 6.45) is 0.627. The summed E-state index contributed by atoms with van der Waals surface area (Å²) < 4.78 is 44.9. The Hall–Kier alpha value is -3.00. The molecule has 0 saturated carbocycles. The van der Waals surface area contributed by atoms with Crippen molar-refractivity contribution in [2.45, 2.75) is 11.8 Å². The van der Waals surface area contributed by atoms with Crippen LogP contribution in [0.1, 0.15) is 5.56 Å². The minimum absolute atomic E-state index is 0.175. The molecule has 0 fully saturated rings. The molecular formula is C17H13FN2O4S. The highest BCUT2D eigenvalue weighted by atomic mass is 32.2. The SMILES string of the molecule is Cc1ccc(S(=O)(=O)n2c(Oc3ccccc3)ncc(F)c2=O)cc1. The van der Waals surface area contributed by atoms with Crippen LogP contribution in [0, 0.1) is 12.7 Å². The lowest BCUT2D eigenvalue weighted by molar-refractivity contribution is 0.419. The van der Waals surface area contributed by atoms with Crippen molar-refractivity contribution in [1.29, 1.82) is 0 Å². The van der Waals surface area contributed by atoms with Crippen LogP contribution in [0.15, 0.2) is 70.5 Å². The van der Waals surface area contributed by atoms with Crippen molar-refractivity contribution in [3.05, 3.63) is 82.5 Å². The van der Waals surface area contributed by atoms with Crippen LogP contribution in [-0.2, 0) is 10.0 Å². The van der Waals surface area contributed by atoms with Gasteiger partial charge in [0, 0.05) is 0 Å². The quantitative estimate of drug-likeness (QED) is 0.715. The van der Waals surface area contributed by atoms with Crippen molar-refractivity contribution < 1.29 is 17.5 Å². The van der Waals surface area contributed by atoms with Gasteiger partial charge in [0.25, 0.3) is 10.0 Å². The molecule has 0 N–H and O–H groups in total. The van der Waals surface area contributed by atoms with Gasteiger partial charge in [0.2, 0.25) is 5.82 Å². The smallest absolute Gasteiger partial charge is 0.319 e. The van der Waals surface area contributed by atoms with E-state index < -0.39 is 27.4 Å². The lowest BCUT2D eigenvalue weighted by atomic mass is 10.2. The Bertz CT molecular complexity index is 1060. The molecule has 3 rings (SSSR count). The van der Waals surface area contributed by atoms with Gasteiger partial charge in [0.05, 0.1) is 11.1 Å². The number of halogens is 1. The summed E-state index contributed by atoms with van der Waals surface area (Å²) in [6, 6.07) is 13.4. The van der Waals surface area contributed by atoms with Gasteiger partial charge < -0.3 is 4.74 Å². The monoisotopic (exact) mass is 360 g/mol. The van der Waals surface area contributed by atoms with Gasteiger partial charge in [-0.2, -0.15) is 4.39 Å². The zero-order valence-electron chi connectivity index (χ0n) is 13.1. The molecule has 0 unspecified atom stereocenters. The Balaban J connectivity index is 2.19. The maximum Gasteiger partial charge on any atom is 0.319 e. The summed E-state index contributed by atoms with van der Waals surface area (Å²) in [4.78, 5) is 15.6. The molecule has 0 amide bonds. The molecule has 0 aliphatic heterocycles. The van der Waals surface area contributed by atoms with E-state index in [1.807, 2.05) is 0 Å². The van der Waals surface area contributed by atoms with Gasteiger partial charge in [-0.3, -0.25) is 4.79 Å². The molecule has 128 valence electrons. The third kappa shape index (κ3) is 3.29. The minimum Gasteiger partial charge on any atom is -0.425 e. The number of aromatic nitrogens is 2. The molecule has 0 atom stereocenters. The summed E-state index contributed by atoms with van der Waals surface area (Å²) in [5.41, 5.74) is -0.522. The second-order valence-corrected chi connectivity index (χ2v) is 6.98. The van der Waals surface area contributed by atoms with Crippen LogP contribution < -0.4 is 10.3 Å². The van der Waals surface area contributed by atoms with Gasteiger partial charge >= 0.3 is 11.6 Å². The zero-order chi connectivity index (χ0) is 18.0. The van der Waals surface area contributed by atoms with E-state index in [2.05, 4.69) is 4.98 Å². The van der Waals surface area contributed by atoms with E-state index in [4.69, 9.17) is 4.74 Å². The highest BCUT2D eigenvalue weighted by Crippen LogP contribution is 2.22. The maximum atomic E-state index is 13.7. The van der Waals surface area contributed by atoms with Crippen molar-refractivity contribution in [2.75, 3.05) is 0 Å². The summed E-state index contributed by atoms with van der Waals surface area (Å²) in [5, 5.41) is 0. The van der Waals surface area contributed by atoms with Crippen molar-refractivity contribution in [3.63, 3.8) is 0 Å². The molecule has 0 bridgehead atoms. The summed E-state index contributed by atoms with van der Waals surface area (Å²) in [6.45, 7) is 1.79. The van der Waals surface area contributed by atoms with E-state index >= 15 is 0 Å². The molecule has 1 aromatic heterocycles. The van der Waals surface area contributed by atoms with Crippen LogP contribution >= 0.6 is 0 Å². The fourth-order valence-corrected chi connectivity index (χ4v) is 3.38. The first kappa shape index (κ1) is 16.8. The van der Waals surface area contributed by atoms with Gasteiger partial charge in [-0.15, -0.1) is 3.97 Å². The summed E-state index contributed by atoms with van der Waals surface area (Å²) in [5.74, 6) is -1.04. The van der Waals surface area contributed by atoms with E-state index in [0.29, 0.717) is 6.20 Å². The number of hydrogen-bond donors (Lipinski definition) is 0. The minimum atomic E-state index is -4.38. The molecule has 6 nitrogen and oxygen atoms in total. The van der Waals surface area contributed by atoms with Crippen LogP contribution in [0.4, 0.5) is 4.39 Å². The molecule has 0 aliphatic carbocycles. The first-order chi connectivity index (χ1) is 11.9. The Kier molecular flexibility index (Phi) is 4.37. The lowest BCUT2D eigenvalue weighted by Crippen LogP contribution is -2.31. The van der Waals surface area contributed by atoms with E-state index in [9.17, 15) is 17.6 Å². The molecular weight excluding hydrogens is 347 g/mol. The first-order valence-electron chi connectivity index (χ1n) is 7.22. The normalized spacial score (nSPS) is 11.3. The van der Waals surface area contributed by atoms with Gasteiger partial charge in [0.15, 0.2) is 0 Å². The van der Waals surface area contributed by atoms with E-state index in [0.717, 1.165) is 5.56 Å². The zero-order valence-corrected chi connectivity index (χ0v) is 13.9. The van der Waals surface area contributed by atoms with Gasteiger partial charge in [-0.25, -0.2) is 13.4 Å². The molecule has 0 aliphatic rings. The molecule has 0 radical (unpaired) electrons. The molecule has 3 aromatic rings. The number of aryl methyl sites for hydroxylation is 1. The summed E-state index contributed by atoms with van der Waals surface area (Å²) in [7, 11) is -4.38. The predicted octanol–water partition coefficient (Wildman–Crippen LogP) is 2.72. The molecule has 25 heavy (non-hydrogen) atoms. The Morgan fingerprint density at radius 2 is 1.68 bits per heavy atom. The van der Waals surface area contributed by atoms with Gasteiger partial charge in [-0.1, -0.05) is 35.9 Å². The Morgan fingerprint density at radius 1 is 1.04 bits per heavy atom. The van der Waals surface area contributed by atoms with Crippen LogP contribution in [-0.4, -0.2) is 17.4 Å². The number of benzene rings is 2. The molecule has 0 spiro atoms. The van der Waals surface area contributed by atoms with Crippen molar-refractivity contribution in [3.8, 4) is 11.8 Å². The summed E-state index contributed by atoms with van der Waals surface area (Å²) >= 11 is 0. The number of ether oxygens (including phenoxy) is 1. The van der Waals surface area contributed by atoms with Gasteiger partial charge in [-0.05, 0) is 31.2 Å². The largest absolute Gasteiger partial charge is 0.425 e.